The van der Waals surface area contributed by atoms with Crippen LogP contribution in [-0.4, -0.2) is 37.1 Å². The molecule has 1 aromatic rings. The Morgan fingerprint density at radius 1 is 1.07 bits per heavy atom. The van der Waals surface area contributed by atoms with Crippen LogP contribution in [0.2, 0.25) is 0 Å². The minimum Gasteiger partial charge on any atom is -0.461 e. The molecule has 0 aliphatic carbocycles. The standard InChI is InChI=1S/C22H33F2NO2/c1-4-7-8-9-10-11-16-22(23,24)20-14-12-19(13-15-20)21(26)27-18-17-25(5-2)6-3/h11-16H,4-10,17-18H2,1-3H3/b16-11+. The van der Waals surface area contributed by atoms with Crippen LogP contribution in [0.15, 0.2) is 36.4 Å². The van der Waals surface area contributed by atoms with Crippen molar-refractivity contribution in [1.82, 2.24) is 4.90 Å². The van der Waals surface area contributed by atoms with Gasteiger partial charge in [-0.15, -0.1) is 0 Å². The molecule has 1 aromatic carbocycles. The van der Waals surface area contributed by atoms with Crippen LogP contribution in [-0.2, 0) is 10.7 Å². The molecule has 0 saturated heterocycles. The molecule has 0 amide bonds. The number of hydrogen-bond donors (Lipinski definition) is 0. The van der Waals surface area contributed by atoms with Crippen molar-refractivity contribution in [3.63, 3.8) is 0 Å². The Labute approximate surface area is 162 Å². The second kappa shape index (κ2) is 12.6. The minimum atomic E-state index is -3.03. The Morgan fingerprint density at radius 2 is 1.74 bits per heavy atom. The summed E-state index contributed by atoms with van der Waals surface area (Å²) in [5.74, 6) is -3.51. The van der Waals surface area contributed by atoms with Crippen molar-refractivity contribution < 1.29 is 18.3 Å². The number of carbonyl (C=O) groups excluding carboxylic acids is 1. The number of esters is 1. The van der Waals surface area contributed by atoms with Crippen LogP contribution in [0.1, 0.15) is 68.8 Å². The first-order valence-corrected chi connectivity index (χ1v) is 10.00. The number of unbranched alkanes of at least 4 members (excludes halogenated alkanes) is 4. The van der Waals surface area contributed by atoms with Crippen molar-refractivity contribution in [2.45, 2.75) is 58.8 Å². The van der Waals surface area contributed by atoms with E-state index in [0.29, 0.717) is 19.6 Å². The molecule has 0 radical (unpaired) electrons. The summed E-state index contributed by atoms with van der Waals surface area (Å²) < 4.78 is 33.7. The summed E-state index contributed by atoms with van der Waals surface area (Å²) >= 11 is 0. The van der Waals surface area contributed by atoms with Crippen LogP contribution in [0.4, 0.5) is 8.78 Å². The van der Waals surface area contributed by atoms with E-state index in [1.807, 2.05) is 13.8 Å². The van der Waals surface area contributed by atoms with E-state index in [4.69, 9.17) is 4.74 Å². The van der Waals surface area contributed by atoms with Crippen molar-refractivity contribution in [3.8, 4) is 0 Å². The van der Waals surface area contributed by atoms with Gasteiger partial charge in [0.1, 0.15) is 6.61 Å². The second-order valence-corrected chi connectivity index (χ2v) is 6.61. The normalized spacial score (nSPS) is 12.1. The number of allylic oxidation sites excluding steroid dienone is 2. The first-order chi connectivity index (χ1) is 12.9. The second-order valence-electron chi connectivity index (χ2n) is 6.61. The maximum atomic E-state index is 14.2. The first kappa shape index (κ1) is 23.3. The van der Waals surface area contributed by atoms with Crippen molar-refractivity contribution >= 4 is 5.97 Å². The van der Waals surface area contributed by atoms with Crippen molar-refractivity contribution in [2.75, 3.05) is 26.2 Å². The van der Waals surface area contributed by atoms with Gasteiger partial charge in [-0.2, -0.15) is 8.78 Å². The van der Waals surface area contributed by atoms with Crippen LogP contribution in [0.25, 0.3) is 0 Å². The number of alkyl halides is 2. The molecule has 0 atom stereocenters. The van der Waals surface area contributed by atoms with Crippen LogP contribution in [0, 0.1) is 0 Å². The number of likely N-dealkylation sites (N-methyl/N-ethyl adjacent to an activating group) is 1. The lowest BCUT2D eigenvalue weighted by molar-refractivity contribution is 0.0459. The highest BCUT2D eigenvalue weighted by atomic mass is 19.3. The third-order valence-corrected chi connectivity index (χ3v) is 4.59. The molecule has 0 heterocycles. The van der Waals surface area contributed by atoms with E-state index >= 15 is 0 Å². The molecule has 0 saturated carbocycles. The Kier molecular flexibility index (Phi) is 10.9. The van der Waals surface area contributed by atoms with Gasteiger partial charge in [0.05, 0.1) is 5.56 Å². The highest BCUT2D eigenvalue weighted by Gasteiger charge is 2.27. The average molecular weight is 382 g/mol. The smallest absolute Gasteiger partial charge is 0.338 e. The Bertz CT molecular complexity index is 566. The van der Waals surface area contributed by atoms with Gasteiger partial charge >= 0.3 is 5.97 Å². The van der Waals surface area contributed by atoms with E-state index in [2.05, 4.69) is 11.8 Å². The van der Waals surface area contributed by atoms with E-state index in [1.165, 1.54) is 24.3 Å². The van der Waals surface area contributed by atoms with Gasteiger partial charge in [0.15, 0.2) is 0 Å². The molecular formula is C22H33F2NO2. The summed E-state index contributed by atoms with van der Waals surface area (Å²) in [5.41, 5.74) is 0.171. The third-order valence-electron chi connectivity index (χ3n) is 4.59. The topological polar surface area (TPSA) is 29.5 Å². The van der Waals surface area contributed by atoms with Gasteiger partial charge in [-0.3, -0.25) is 0 Å². The number of halogens is 2. The highest BCUT2D eigenvalue weighted by Crippen LogP contribution is 2.30. The molecule has 0 fully saturated rings. The lowest BCUT2D eigenvalue weighted by atomic mass is 10.0. The van der Waals surface area contributed by atoms with Crippen molar-refractivity contribution in [3.05, 3.63) is 47.5 Å². The number of rotatable bonds is 13. The summed E-state index contributed by atoms with van der Waals surface area (Å²) in [7, 11) is 0. The van der Waals surface area contributed by atoms with Crippen LogP contribution in [0.3, 0.4) is 0 Å². The lowest BCUT2D eigenvalue weighted by Crippen LogP contribution is -2.27. The van der Waals surface area contributed by atoms with Crippen molar-refractivity contribution in [1.29, 1.82) is 0 Å². The van der Waals surface area contributed by atoms with E-state index in [1.54, 1.807) is 6.08 Å². The monoisotopic (exact) mass is 381 g/mol. The Hall–Kier alpha value is -1.75. The number of ether oxygens (including phenoxy) is 1. The van der Waals surface area contributed by atoms with Gasteiger partial charge in [0.2, 0.25) is 0 Å². The summed E-state index contributed by atoms with van der Waals surface area (Å²) in [6.45, 7) is 8.95. The first-order valence-electron chi connectivity index (χ1n) is 10.00. The maximum absolute atomic E-state index is 14.2. The average Bonchev–Trinajstić information content (AvgIpc) is 2.68. The van der Waals surface area contributed by atoms with E-state index in [-0.39, 0.29) is 11.1 Å². The van der Waals surface area contributed by atoms with Crippen LogP contribution < -0.4 is 0 Å². The molecule has 0 unspecified atom stereocenters. The van der Waals surface area contributed by atoms with Crippen LogP contribution in [0.5, 0.6) is 0 Å². The third kappa shape index (κ3) is 8.65. The predicted octanol–water partition coefficient (Wildman–Crippen LogP) is 5.80. The van der Waals surface area contributed by atoms with Gasteiger partial charge in [0, 0.05) is 12.1 Å². The van der Waals surface area contributed by atoms with Gasteiger partial charge in [-0.1, -0.05) is 58.2 Å². The zero-order chi connectivity index (χ0) is 20.1. The zero-order valence-corrected chi connectivity index (χ0v) is 16.8. The molecule has 5 heteroatoms. The molecule has 3 nitrogen and oxygen atoms in total. The van der Waals surface area contributed by atoms with Gasteiger partial charge < -0.3 is 9.64 Å². The van der Waals surface area contributed by atoms with Gasteiger partial charge in [0.25, 0.3) is 5.92 Å². The fourth-order valence-corrected chi connectivity index (χ4v) is 2.74. The molecule has 0 bridgehead atoms. The number of hydrogen-bond acceptors (Lipinski definition) is 3. The molecular weight excluding hydrogens is 348 g/mol. The van der Waals surface area contributed by atoms with E-state index in [0.717, 1.165) is 44.8 Å². The molecule has 0 aliphatic rings. The van der Waals surface area contributed by atoms with E-state index in [9.17, 15) is 13.6 Å². The number of carbonyl (C=O) groups is 1. The van der Waals surface area contributed by atoms with Crippen LogP contribution >= 0.6 is 0 Å². The summed E-state index contributed by atoms with van der Waals surface area (Å²) in [5, 5.41) is 0. The SMILES string of the molecule is CCCCCC/C=C/C(F)(F)c1ccc(C(=O)OCCN(CC)CC)cc1. The molecule has 0 aliphatic heterocycles. The zero-order valence-electron chi connectivity index (χ0n) is 16.8. The fraction of sp³-hybridized carbons (Fsp3) is 0.591. The predicted molar refractivity (Wildman–Crippen MR) is 106 cm³/mol. The largest absolute Gasteiger partial charge is 0.461 e. The molecule has 0 spiro atoms. The van der Waals surface area contributed by atoms with Gasteiger partial charge in [-0.05, 0) is 44.1 Å². The molecule has 0 aromatic heterocycles. The summed E-state index contributed by atoms with van der Waals surface area (Å²) in [4.78, 5) is 14.2. The van der Waals surface area contributed by atoms with Crippen molar-refractivity contribution in [2.24, 2.45) is 0 Å². The lowest BCUT2D eigenvalue weighted by Gasteiger charge is -2.17. The highest BCUT2D eigenvalue weighted by molar-refractivity contribution is 5.89. The van der Waals surface area contributed by atoms with Gasteiger partial charge in [-0.25, -0.2) is 4.79 Å². The summed E-state index contributed by atoms with van der Waals surface area (Å²) in [6, 6.07) is 5.39. The maximum Gasteiger partial charge on any atom is 0.338 e. The molecule has 27 heavy (non-hydrogen) atoms. The van der Waals surface area contributed by atoms with E-state index < -0.39 is 11.9 Å². The number of benzene rings is 1. The number of nitrogens with zero attached hydrogens (tertiary/aromatic N) is 1. The fourth-order valence-electron chi connectivity index (χ4n) is 2.74. The Morgan fingerprint density at radius 3 is 2.33 bits per heavy atom. The molecule has 1 rings (SSSR count). The summed E-state index contributed by atoms with van der Waals surface area (Å²) in [6.07, 6.45) is 7.42. The quantitative estimate of drug-likeness (QED) is 0.245. The Balaban J connectivity index is 2.53. The minimum absolute atomic E-state index is 0.119. The molecule has 0 N–H and O–H groups in total. The molecule has 152 valence electrons.